The Morgan fingerprint density at radius 2 is 1.79 bits per heavy atom. The lowest BCUT2D eigenvalue weighted by Gasteiger charge is -2.16. The molecule has 0 aliphatic carbocycles. The van der Waals surface area contributed by atoms with E-state index in [9.17, 15) is 13.9 Å². The monoisotopic (exact) mass is 407 g/mol. The number of aliphatic hydroxyl groups is 1. The molecular weight excluding hydrogens is 380 g/mol. The molecule has 8 heteroatoms. The number of ether oxygens (including phenoxy) is 2. The number of aliphatic imine (C=N–C) groups is 1. The number of aliphatic hydroxyl groups excluding tert-OH is 1. The lowest BCUT2D eigenvalue weighted by atomic mass is 10.2. The molecule has 0 saturated carbocycles. The first-order valence-corrected chi connectivity index (χ1v) is 9.43. The first-order chi connectivity index (χ1) is 14.1. The van der Waals surface area contributed by atoms with Crippen molar-refractivity contribution in [2.75, 3.05) is 19.7 Å². The number of nitrogens with zero attached hydrogens (tertiary/aromatic N) is 1. The molecule has 0 fully saturated rings. The quantitative estimate of drug-likeness (QED) is 0.395. The van der Waals surface area contributed by atoms with Gasteiger partial charge in [0.2, 0.25) is 0 Å². The van der Waals surface area contributed by atoms with Gasteiger partial charge in [0.25, 0.3) is 0 Å². The van der Waals surface area contributed by atoms with Crippen molar-refractivity contribution < 1.29 is 23.4 Å². The summed E-state index contributed by atoms with van der Waals surface area (Å²) in [7, 11) is 0. The van der Waals surface area contributed by atoms with E-state index < -0.39 is 12.7 Å². The molecule has 0 aliphatic rings. The molecule has 0 heterocycles. The molecule has 0 bridgehead atoms. The number of halogens is 2. The first-order valence-electron chi connectivity index (χ1n) is 9.43. The van der Waals surface area contributed by atoms with E-state index in [0.29, 0.717) is 24.7 Å². The fourth-order valence-electron chi connectivity index (χ4n) is 2.51. The van der Waals surface area contributed by atoms with Gasteiger partial charge in [0.05, 0.1) is 25.9 Å². The van der Waals surface area contributed by atoms with E-state index in [0.717, 1.165) is 5.56 Å². The van der Waals surface area contributed by atoms with Crippen molar-refractivity contribution in [2.24, 2.45) is 4.99 Å². The van der Waals surface area contributed by atoms with Gasteiger partial charge in [-0.15, -0.1) is 0 Å². The van der Waals surface area contributed by atoms with E-state index in [-0.39, 0.29) is 25.4 Å². The van der Waals surface area contributed by atoms with Crippen LogP contribution in [0.1, 0.15) is 18.1 Å². The highest BCUT2D eigenvalue weighted by molar-refractivity contribution is 5.79. The summed E-state index contributed by atoms with van der Waals surface area (Å²) in [5, 5.41) is 16.2. The Bertz CT molecular complexity index is 745. The zero-order chi connectivity index (χ0) is 20.9. The van der Waals surface area contributed by atoms with Gasteiger partial charge in [0.1, 0.15) is 5.75 Å². The van der Waals surface area contributed by atoms with Gasteiger partial charge in [0.15, 0.2) is 5.96 Å². The molecule has 1 unspecified atom stereocenters. The van der Waals surface area contributed by atoms with Crippen LogP contribution in [0.15, 0.2) is 59.6 Å². The Labute approximate surface area is 169 Å². The minimum Gasteiger partial charge on any atom is -0.434 e. The van der Waals surface area contributed by atoms with Crippen LogP contribution >= 0.6 is 0 Å². The van der Waals surface area contributed by atoms with Crippen LogP contribution in [-0.4, -0.2) is 43.5 Å². The van der Waals surface area contributed by atoms with E-state index in [2.05, 4.69) is 20.4 Å². The molecule has 6 nitrogen and oxygen atoms in total. The summed E-state index contributed by atoms with van der Waals surface area (Å²) in [5.41, 5.74) is 1.57. The predicted molar refractivity (Wildman–Crippen MR) is 108 cm³/mol. The maximum absolute atomic E-state index is 12.5. The van der Waals surface area contributed by atoms with E-state index >= 15 is 0 Å². The molecule has 0 aromatic heterocycles. The minimum absolute atomic E-state index is 0.0939. The van der Waals surface area contributed by atoms with Gasteiger partial charge >= 0.3 is 6.61 Å². The van der Waals surface area contributed by atoms with Crippen LogP contribution in [0, 0.1) is 0 Å². The van der Waals surface area contributed by atoms with Crippen molar-refractivity contribution in [1.29, 1.82) is 0 Å². The second-order valence-electron chi connectivity index (χ2n) is 6.22. The van der Waals surface area contributed by atoms with Crippen molar-refractivity contribution in [1.82, 2.24) is 10.6 Å². The van der Waals surface area contributed by atoms with Gasteiger partial charge in [-0.2, -0.15) is 8.78 Å². The number of nitrogens with one attached hydrogen (secondary N) is 2. The van der Waals surface area contributed by atoms with Crippen molar-refractivity contribution in [3.8, 4) is 5.75 Å². The molecule has 0 spiro atoms. The van der Waals surface area contributed by atoms with Gasteiger partial charge in [-0.25, -0.2) is 4.99 Å². The Balaban J connectivity index is 1.82. The second kappa shape index (κ2) is 12.7. The van der Waals surface area contributed by atoms with E-state index in [1.807, 2.05) is 37.3 Å². The molecule has 0 aliphatic heterocycles. The largest absolute Gasteiger partial charge is 0.434 e. The van der Waals surface area contributed by atoms with Crippen LogP contribution in [0.2, 0.25) is 0 Å². The van der Waals surface area contributed by atoms with Gasteiger partial charge in [-0.05, 0) is 18.6 Å². The van der Waals surface area contributed by atoms with Crippen LogP contribution in [0.4, 0.5) is 8.78 Å². The van der Waals surface area contributed by atoms with Crippen molar-refractivity contribution >= 4 is 5.96 Å². The summed E-state index contributed by atoms with van der Waals surface area (Å²) in [5.74, 6) is 0.554. The lowest BCUT2D eigenvalue weighted by Crippen LogP contribution is -2.42. The van der Waals surface area contributed by atoms with Crippen LogP contribution < -0.4 is 15.4 Å². The topological polar surface area (TPSA) is 75.1 Å². The highest BCUT2D eigenvalue weighted by Gasteiger charge is 2.10. The standard InChI is InChI=1S/C21H27F2N3O3/c1-2-24-21(25-12-17-10-6-7-11-19(17)29-20(22)23)26-13-18(27)15-28-14-16-8-4-3-5-9-16/h3-11,18,20,27H,2,12-15H2,1H3,(H2,24,25,26). The number of hydrogen-bond acceptors (Lipinski definition) is 4. The molecular formula is C21H27F2N3O3. The normalized spacial score (nSPS) is 12.7. The molecule has 158 valence electrons. The van der Waals surface area contributed by atoms with Crippen LogP contribution in [0.5, 0.6) is 5.75 Å². The summed E-state index contributed by atoms with van der Waals surface area (Å²) < 4.78 is 35.1. The highest BCUT2D eigenvalue weighted by atomic mass is 19.3. The highest BCUT2D eigenvalue weighted by Crippen LogP contribution is 2.20. The van der Waals surface area contributed by atoms with E-state index in [1.165, 1.54) is 6.07 Å². The molecule has 2 aromatic rings. The van der Waals surface area contributed by atoms with Crippen molar-refractivity contribution in [2.45, 2.75) is 32.8 Å². The lowest BCUT2D eigenvalue weighted by molar-refractivity contribution is -0.0504. The molecule has 0 amide bonds. The molecule has 0 radical (unpaired) electrons. The third-order valence-corrected chi connectivity index (χ3v) is 3.87. The summed E-state index contributed by atoms with van der Waals surface area (Å²) in [6.45, 7) is 0.609. The molecule has 1 atom stereocenters. The zero-order valence-corrected chi connectivity index (χ0v) is 16.4. The molecule has 2 aromatic carbocycles. The second-order valence-corrected chi connectivity index (χ2v) is 6.22. The molecule has 3 N–H and O–H groups in total. The summed E-state index contributed by atoms with van der Waals surface area (Å²) in [6.07, 6.45) is -0.725. The average Bonchev–Trinajstić information content (AvgIpc) is 2.71. The maximum Gasteiger partial charge on any atom is 0.387 e. The minimum atomic E-state index is -2.89. The number of para-hydroxylation sites is 1. The van der Waals surface area contributed by atoms with Crippen LogP contribution in [0.3, 0.4) is 0 Å². The molecule has 29 heavy (non-hydrogen) atoms. The summed E-state index contributed by atoms with van der Waals surface area (Å²) in [4.78, 5) is 4.37. The number of rotatable bonds is 11. The van der Waals surface area contributed by atoms with Gasteiger partial charge in [-0.1, -0.05) is 48.5 Å². The van der Waals surface area contributed by atoms with Crippen molar-refractivity contribution in [3.63, 3.8) is 0 Å². The Hall–Kier alpha value is -2.71. The van der Waals surface area contributed by atoms with E-state index in [4.69, 9.17) is 4.74 Å². The van der Waals surface area contributed by atoms with E-state index in [1.54, 1.807) is 18.2 Å². The van der Waals surface area contributed by atoms with Gasteiger partial charge in [0, 0.05) is 18.7 Å². The summed E-state index contributed by atoms with van der Waals surface area (Å²) in [6, 6.07) is 16.2. The Morgan fingerprint density at radius 3 is 2.52 bits per heavy atom. The van der Waals surface area contributed by atoms with Crippen LogP contribution in [0.25, 0.3) is 0 Å². The first kappa shape index (κ1) is 22.6. The van der Waals surface area contributed by atoms with Gasteiger partial charge < -0.3 is 25.2 Å². The Kier molecular flexibility index (Phi) is 9.88. The SMILES string of the molecule is CCNC(=NCc1ccccc1OC(F)F)NCC(O)COCc1ccccc1. The Morgan fingerprint density at radius 1 is 1.07 bits per heavy atom. The third-order valence-electron chi connectivity index (χ3n) is 3.87. The smallest absolute Gasteiger partial charge is 0.387 e. The number of guanidine groups is 1. The maximum atomic E-state index is 12.5. The predicted octanol–water partition coefficient (Wildman–Crippen LogP) is 2.92. The zero-order valence-electron chi connectivity index (χ0n) is 16.4. The van der Waals surface area contributed by atoms with Crippen LogP contribution in [-0.2, 0) is 17.9 Å². The fraction of sp³-hybridized carbons (Fsp3) is 0.381. The average molecular weight is 407 g/mol. The number of benzene rings is 2. The summed E-state index contributed by atoms with van der Waals surface area (Å²) >= 11 is 0. The number of hydrogen-bond donors (Lipinski definition) is 3. The van der Waals surface area contributed by atoms with Crippen molar-refractivity contribution in [3.05, 3.63) is 65.7 Å². The molecule has 2 rings (SSSR count). The fourth-order valence-corrected chi connectivity index (χ4v) is 2.51. The third kappa shape index (κ3) is 8.89. The van der Waals surface area contributed by atoms with Gasteiger partial charge in [-0.3, -0.25) is 0 Å². The molecule has 0 saturated heterocycles. The number of alkyl halides is 2.